The number of benzene rings is 2. The maximum absolute atomic E-state index is 13.4. The fourth-order valence-corrected chi connectivity index (χ4v) is 3.55. The zero-order valence-electron chi connectivity index (χ0n) is 15.0. The van der Waals surface area contributed by atoms with Gasteiger partial charge >= 0.3 is 0 Å². The van der Waals surface area contributed by atoms with Gasteiger partial charge in [-0.3, -0.25) is 0 Å². The van der Waals surface area contributed by atoms with Crippen LogP contribution in [-0.4, -0.2) is 10.9 Å². The lowest BCUT2D eigenvalue weighted by atomic mass is 10.0. The third kappa shape index (κ3) is 3.99. The Morgan fingerprint density at radius 3 is 2.58 bits per heavy atom. The summed E-state index contributed by atoms with van der Waals surface area (Å²) in [5.41, 5.74) is 4.00. The van der Waals surface area contributed by atoms with Gasteiger partial charge in [0.1, 0.15) is 12.1 Å². The van der Waals surface area contributed by atoms with E-state index in [0.29, 0.717) is 6.42 Å². The van der Waals surface area contributed by atoms with Crippen molar-refractivity contribution in [2.24, 2.45) is 0 Å². The lowest BCUT2D eigenvalue weighted by molar-refractivity contribution is -0.107. The molecule has 1 aromatic heterocycles. The van der Waals surface area contributed by atoms with E-state index in [1.165, 1.54) is 25.3 Å². The number of carbonyl (C=O) groups is 1. The minimum atomic E-state index is -0.420. The van der Waals surface area contributed by atoms with Gasteiger partial charge in [0.05, 0.1) is 5.02 Å². The quantitative estimate of drug-likeness (QED) is 0.330. The van der Waals surface area contributed by atoms with Gasteiger partial charge in [-0.05, 0) is 47.4 Å². The van der Waals surface area contributed by atoms with Crippen LogP contribution in [0.2, 0.25) is 5.02 Å². The van der Waals surface area contributed by atoms with E-state index in [-0.39, 0.29) is 5.02 Å². The molecule has 0 N–H and O–H groups in total. The minimum absolute atomic E-state index is 0.115. The van der Waals surface area contributed by atoms with E-state index in [9.17, 15) is 9.18 Å². The lowest BCUT2D eigenvalue weighted by Gasteiger charge is -2.07. The maximum Gasteiger partial charge on any atom is 0.141 e. The SMILES string of the molecule is CCCCCCn1cc(CC=O)c2cc(-c3ccc(F)c(Cl)c3)ccc21. The fourth-order valence-electron chi connectivity index (χ4n) is 3.37. The highest BCUT2D eigenvalue weighted by Crippen LogP contribution is 2.30. The first-order valence-corrected chi connectivity index (χ1v) is 9.52. The molecule has 0 saturated carbocycles. The summed E-state index contributed by atoms with van der Waals surface area (Å²) in [6.07, 6.45) is 8.23. The highest BCUT2D eigenvalue weighted by atomic mass is 35.5. The highest BCUT2D eigenvalue weighted by molar-refractivity contribution is 6.31. The largest absolute Gasteiger partial charge is 0.347 e. The van der Waals surface area contributed by atoms with Gasteiger partial charge in [0.2, 0.25) is 0 Å². The molecule has 2 aromatic carbocycles. The number of rotatable bonds is 8. The zero-order chi connectivity index (χ0) is 18.5. The van der Waals surface area contributed by atoms with Crippen LogP contribution >= 0.6 is 11.6 Å². The predicted octanol–water partition coefficient (Wildman–Crippen LogP) is 6.42. The van der Waals surface area contributed by atoms with Crippen LogP contribution in [0.25, 0.3) is 22.0 Å². The van der Waals surface area contributed by atoms with E-state index < -0.39 is 5.82 Å². The average Bonchev–Trinajstić information content (AvgIpc) is 2.98. The molecular formula is C22H23ClFNO. The summed E-state index contributed by atoms with van der Waals surface area (Å²) in [6.45, 7) is 3.16. The Kier molecular flexibility index (Phi) is 6.10. The summed E-state index contributed by atoms with van der Waals surface area (Å²) in [6, 6.07) is 10.9. The van der Waals surface area contributed by atoms with Gasteiger partial charge in [-0.15, -0.1) is 0 Å². The Bertz CT molecular complexity index is 916. The molecule has 0 bridgehead atoms. The summed E-state index contributed by atoms with van der Waals surface area (Å²) < 4.78 is 15.7. The normalized spacial score (nSPS) is 11.2. The molecular weight excluding hydrogens is 349 g/mol. The number of aldehydes is 1. The average molecular weight is 372 g/mol. The summed E-state index contributed by atoms with van der Waals surface area (Å²) in [4.78, 5) is 11.1. The van der Waals surface area contributed by atoms with Gasteiger partial charge in [0.15, 0.2) is 0 Å². The van der Waals surface area contributed by atoms with Crippen molar-refractivity contribution < 1.29 is 9.18 Å². The van der Waals surface area contributed by atoms with Crippen LogP contribution in [0.4, 0.5) is 4.39 Å². The summed E-state index contributed by atoms with van der Waals surface area (Å²) >= 11 is 5.92. The van der Waals surface area contributed by atoms with Gasteiger partial charge in [-0.25, -0.2) is 4.39 Å². The molecule has 0 radical (unpaired) electrons. The summed E-state index contributed by atoms with van der Waals surface area (Å²) in [5, 5.41) is 1.19. The standard InChI is InChI=1S/C22H23ClFNO/c1-2-3-4-5-11-25-15-18(10-12-26)19-13-16(7-9-22(19)25)17-6-8-21(24)20(23)14-17/h6-9,12-15H,2-5,10-11H2,1H3. The zero-order valence-corrected chi connectivity index (χ0v) is 15.7. The highest BCUT2D eigenvalue weighted by Gasteiger charge is 2.11. The van der Waals surface area contributed by atoms with Gasteiger partial charge in [0.25, 0.3) is 0 Å². The number of nitrogens with zero attached hydrogens (tertiary/aromatic N) is 1. The van der Waals surface area contributed by atoms with Crippen LogP contribution in [0.5, 0.6) is 0 Å². The van der Waals surface area contributed by atoms with E-state index >= 15 is 0 Å². The number of fused-ring (bicyclic) bond motifs is 1. The van der Waals surface area contributed by atoms with Gasteiger partial charge < -0.3 is 9.36 Å². The molecule has 3 rings (SSSR count). The number of halogens is 2. The molecule has 0 aliphatic heterocycles. The lowest BCUT2D eigenvalue weighted by Crippen LogP contribution is -1.96. The molecule has 3 aromatic rings. The van der Waals surface area contributed by atoms with Crippen molar-refractivity contribution in [1.29, 1.82) is 0 Å². The number of carbonyl (C=O) groups excluding carboxylic acids is 1. The van der Waals surface area contributed by atoms with E-state index in [0.717, 1.165) is 46.8 Å². The molecule has 2 nitrogen and oxygen atoms in total. The molecule has 0 fully saturated rings. The smallest absolute Gasteiger partial charge is 0.141 e. The Balaban J connectivity index is 1.97. The third-order valence-electron chi connectivity index (χ3n) is 4.77. The van der Waals surface area contributed by atoms with E-state index in [1.54, 1.807) is 12.1 Å². The van der Waals surface area contributed by atoms with E-state index in [1.807, 2.05) is 6.07 Å². The predicted molar refractivity (Wildman–Crippen MR) is 106 cm³/mol. The van der Waals surface area contributed by atoms with Crippen LogP contribution in [-0.2, 0) is 17.8 Å². The van der Waals surface area contributed by atoms with Gasteiger partial charge in [0, 0.05) is 30.1 Å². The van der Waals surface area contributed by atoms with Crippen molar-refractivity contribution in [2.75, 3.05) is 0 Å². The molecule has 26 heavy (non-hydrogen) atoms. The van der Waals surface area contributed by atoms with Crippen LogP contribution in [0.3, 0.4) is 0 Å². The Labute approximate surface area is 158 Å². The van der Waals surface area contributed by atoms with Gasteiger partial charge in [-0.2, -0.15) is 0 Å². The molecule has 0 amide bonds. The molecule has 0 unspecified atom stereocenters. The van der Waals surface area contributed by atoms with Crippen LogP contribution < -0.4 is 0 Å². The summed E-state index contributed by atoms with van der Waals surface area (Å²) in [7, 11) is 0. The maximum atomic E-state index is 13.4. The molecule has 0 spiro atoms. The number of unbranched alkanes of at least 4 members (excludes halogenated alkanes) is 3. The topological polar surface area (TPSA) is 22.0 Å². The fraction of sp³-hybridized carbons (Fsp3) is 0.318. The monoisotopic (exact) mass is 371 g/mol. The second-order valence-corrected chi connectivity index (χ2v) is 7.05. The van der Waals surface area contributed by atoms with E-state index in [2.05, 4.69) is 29.8 Å². The summed E-state index contributed by atoms with van der Waals surface area (Å²) in [5.74, 6) is -0.420. The van der Waals surface area contributed by atoms with Crippen LogP contribution in [0.1, 0.15) is 38.2 Å². The van der Waals surface area contributed by atoms with E-state index in [4.69, 9.17) is 11.6 Å². The Hall–Kier alpha value is -2.13. The molecule has 0 aliphatic rings. The Morgan fingerprint density at radius 1 is 1.08 bits per heavy atom. The number of hydrogen-bond acceptors (Lipinski definition) is 1. The first-order chi connectivity index (χ1) is 12.6. The molecule has 0 atom stereocenters. The molecule has 4 heteroatoms. The molecule has 0 aliphatic carbocycles. The van der Waals surface area contributed by atoms with Crippen molar-refractivity contribution in [3.8, 4) is 11.1 Å². The van der Waals surface area contributed by atoms with Crippen molar-refractivity contribution in [3.63, 3.8) is 0 Å². The third-order valence-corrected chi connectivity index (χ3v) is 5.06. The van der Waals surface area contributed by atoms with Crippen LogP contribution in [0.15, 0.2) is 42.6 Å². The van der Waals surface area contributed by atoms with Crippen molar-refractivity contribution in [2.45, 2.75) is 45.6 Å². The minimum Gasteiger partial charge on any atom is -0.347 e. The number of aromatic nitrogens is 1. The second-order valence-electron chi connectivity index (χ2n) is 6.64. The second kappa shape index (κ2) is 8.50. The first-order valence-electron chi connectivity index (χ1n) is 9.15. The molecule has 1 heterocycles. The molecule has 0 saturated heterocycles. The Morgan fingerprint density at radius 2 is 1.85 bits per heavy atom. The molecule has 136 valence electrons. The number of aryl methyl sites for hydroxylation is 1. The van der Waals surface area contributed by atoms with Gasteiger partial charge in [-0.1, -0.05) is 49.9 Å². The first kappa shape index (κ1) is 18.7. The van der Waals surface area contributed by atoms with Crippen molar-refractivity contribution in [1.82, 2.24) is 4.57 Å². The van der Waals surface area contributed by atoms with Crippen molar-refractivity contribution >= 4 is 28.8 Å². The number of hydrogen-bond donors (Lipinski definition) is 0. The van der Waals surface area contributed by atoms with Crippen molar-refractivity contribution in [3.05, 3.63) is 59.0 Å². The van der Waals surface area contributed by atoms with Crippen LogP contribution in [0, 0.1) is 5.82 Å².